The Morgan fingerprint density at radius 3 is 2.50 bits per heavy atom. The van der Waals surface area contributed by atoms with Crippen molar-refractivity contribution in [2.24, 2.45) is 5.92 Å². The average molecular weight is 493 g/mol. The van der Waals surface area contributed by atoms with Crippen molar-refractivity contribution in [3.05, 3.63) is 83.3 Å². The van der Waals surface area contributed by atoms with E-state index in [1.54, 1.807) is 29.4 Å². The van der Waals surface area contributed by atoms with Gasteiger partial charge < -0.3 is 10.6 Å². The standard InChI is InChI=1S/C25H22F3N7O/c1-14-9-16-10-17(11-33-22(16)34-21(14)29)24(36)35(13-19-6-5-18(12-32-19)25(26,27)28)20(15-3-4-15)23-30-7-2-8-31-23/h2,5-12,15,20H,3-4,13H2,1H3,(H2,29,33,34)/t20-/m1/s1. The van der Waals surface area contributed by atoms with Gasteiger partial charge in [0.05, 0.1) is 29.4 Å². The zero-order chi connectivity index (χ0) is 25.4. The largest absolute Gasteiger partial charge is 0.417 e. The fourth-order valence-electron chi connectivity index (χ4n) is 4.10. The summed E-state index contributed by atoms with van der Waals surface area (Å²) in [4.78, 5) is 36.8. The van der Waals surface area contributed by atoms with Crippen LogP contribution in [0.4, 0.5) is 19.0 Å². The van der Waals surface area contributed by atoms with Crippen molar-refractivity contribution in [1.82, 2.24) is 29.8 Å². The predicted molar refractivity (Wildman–Crippen MR) is 125 cm³/mol. The molecule has 5 rings (SSSR count). The number of nitrogens with two attached hydrogens (primary N) is 1. The van der Waals surface area contributed by atoms with Crippen molar-refractivity contribution in [3.8, 4) is 0 Å². The van der Waals surface area contributed by atoms with E-state index < -0.39 is 17.8 Å². The lowest BCUT2D eigenvalue weighted by Gasteiger charge is -2.31. The number of rotatable bonds is 6. The summed E-state index contributed by atoms with van der Waals surface area (Å²) in [7, 11) is 0. The Hall–Kier alpha value is -4.15. The van der Waals surface area contributed by atoms with Gasteiger partial charge in [0.2, 0.25) is 0 Å². The number of nitrogen functional groups attached to an aromatic ring is 1. The molecule has 0 unspecified atom stereocenters. The Balaban J connectivity index is 1.55. The normalized spacial score (nSPS) is 14.6. The van der Waals surface area contributed by atoms with Gasteiger partial charge in [-0.1, -0.05) is 0 Å². The second-order valence-corrected chi connectivity index (χ2v) is 8.82. The Morgan fingerprint density at radius 2 is 1.86 bits per heavy atom. The lowest BCUT2D eigenvalue weighted by atomic mass is 10.1. The zero-order valence-corrected chi connectivity index (χ0v) is 19.3. The quantitative estimate of drug-likeness (QED) is 0.420. The van der Waals surface area contributed by atoms with E-state index in [0.29, 0.717) is 33.9 Å². The van der Waals surface area contributed by atoms with Crippen molar-refractivity contribution in [2.45, 2.75) is 38.5 Å². The summed E-state index contributed by atoms with van der Waals surface area (Å²) >= 11 is 0. The smallest absolute Gasteiger partial charge is 0.383 e. The average Bonchev–Trinajstić information content (AvgIpc) is 3.69. The number of pyridine rings is 3. The molecule has 0 radical (unpaired) electrons. The molecule has 0 aliphatic heterocycles. The molecule has 11 heteroatoms. The topological polar surface area (TPSA) is 111 Å². The molecule has 1 aliphatic carbocycles. The second-order valence-electron chi connectivity index (χ2n) is 8.82. The Morgan fingerprint density at radius 1 is 1.11 bits per heavy atom. The SMILES string of the molecule is Cc1cc2cc(C(=O)N(Cc3ccc(C(F)(F)F)cn3)[C@@H](c3ncccn3)C3CC3)cnc2nc1N. The maximum Gasteiger partial charge on any atom is 0.417 e. The van der Waals surface area contributed by atoms with Crippen molar-refractivity contribution in [2.75, 3.05) is 5.73 Å². The Labute approximate surface area is 204 Å². The van der Waals surface area contributed by atoms with Gasteiger partial charge >= 0.3 is 6.18 Å². The molecule has 1 aliphatic rings. The maximum atomic E-state index is 13.9. The molecule has 1 amide bonds. The highest BCUT2D eigenvalue weighted by Crippen LogP contribution is 2.44. The molecule has 8 nitrogen and oxygen atoms in total. The molecule has 36 heavy (non-hydrogen) atoms. The van der Waals surface area contributed by atoms with Crippen LogP contribution >= 0.6 is 0 Å². The van der Waals surface area contributed by atoms with E-state index >= 15 is 0 Å². The summed E-state index contributed by atoms with van der Waals surface area (Å²) in [6, 6.07) is 6.96. The fraction of sp³-hybridized carbons (Fsp3) is 0.280. The third kappa shape index (κ3) is 4.81. The number of aromatic nitrogens is 5. The first-order valence-electron chi connectivity index (χ1n) is 11.3. The summed E-state index contributed by atoms with van der Waals surface area (Å²) in [5.74, 6) is 0.603. The van der Waals surface area contributed by atoms with Crippen LogP contribution in [0.3, 0.4) is 0 Å². The van der Waals surface area contributed by atoms with E-state index in [0.717, 1.165) is 30.7 Å². The van der Waals surface area contributed by atoms with Gasteiger partial charge in [-0.2, -0.15) is 13.2 Å². The first-order valence-corrected chi connectivity index (χ1v) is 11.3. The van der Waals surface area contributed by atoms with Crippen LogP contribution < -0.4 is 5.73 Å². The number of fused-ring (bicyclic) bond motifs is 1. The van der Waals surface area contributed by atoms with Crippen LogP contribution in [0.25, 0.3) is 11.0 Å². The third-order valence-electron chi connectivity index (χ3n) is 6.14. The molecule has 4 aromatic rings. The lowest BCUT2D eigenvalue weighted by molar-refractivity contribution is -0.137. The number of anilines is 1. The number of alkyl halides is 3. The minimum absolute atomic E-state index is 0.0204. The van der Waals surface area contributed by atoms with E-state index in [1.807, 2.05) is 13.0 Å². The van der Waals surface area contributed by atoms with Crippen molar-refractivity contribution in [1.29, 1.82) is 0 Å². The highest BCUT2D eigenvalue weighted by molar-refractivity contribution is 5.97. The van der Waals surface area contributed by atoms with Gasteiger partial charge in [0.15, 0.2) is 11.5 Å². The van der Waals surface area contributed by atoms with E-state index in [2.05, 4.69) is 24.9 Å². The molecule has 0 spiro atoms. The highest BCUT2D eigenvalue weighted by atomic mass is 19.4. The van der Waals surface area contributed by atoms with E-state index in [4.69, 9.17) is 5.73 Å². The zero-order valence-electron chi connectivity index (χ0n) is 19.3. The predicted octanol–water partition coefficient (Wildman–Crippen LogP) is 4.52. The molecule has 4 aromatic heterocycles. The Kier molecular flexibility index (Phi) is 5.99. The van der Waals surface area contributed by atoms with Crippen LogP contribution in [-0.2, 0) is 12.7 Å². The molecule has 4 heterocycles. The van der Waals surface area contributed by atoms with Crippen LogP contribution in [0.5, 0.6) is 0 Å². The number of halogens is 3. The summed E-state index contributed by atoms with van der Waals surface area (Å²) in [6.07, 6.45) is 2.67. The maximum absolute atomic E-state index is 13.9. The summed E-state index contributed by atoms with van der Waals surface area (Å²) in [5, 5.41) is 0.652. The number of hydrogen-bond donors (Lipinski definition) is 1. The monoisotopic (exact) mass is 493 g/mol. The number of amides is 1. The summed E-state index contributed by atoms with van der Waals surface area (Å²) in [6.45, 7) is 1.79. The van der Waals surface area contributed by atoms with Crippen molar-refractivity contribution in [3.63, 3.8) is 0 Å². The fourth-order valence-corrected chi connectivity index (χ4v) is 4.10. The first-order chi connectivity index (χ1) is 17.2. The van der Waals surface area contributed by atoms with Crippen LogP contribution in [-0.4, -0.2) is 35.7 Å². The lowest BCUT2D eigenvalue weighted by Crippen LogP contribution is -2.37. The van der Waals surface area contributed by atoms with Crippen LogP contribution in [0.15, 0.2) is 55.1 Å². The van der Waals surface area contributed by atoms with E-state index in [9.17, 15) is 18.0 Å². The molecule has 1 atom stereocenters. The molecule has 1 saturated carbocycles. The number of carbonyl (C=O) groups excluding carboxylic acids is 1. The summed E-state index contributed by atoms with van der Waals surface area (Å²) in [5.41, 5.74) is 6.82. The molecule has 0 saturated heterocycles. The molecular formula is C25H22F3N7O. The Bertz CT molecular complexity index is 1410. The minimum atomic E-state index is -4.50. The molecule has 184 valence electrons. The summed E-state index contributed by atoms with van der Waals surface area (Å²) < 4.78 is 39.1. The first kappa shape index (κ1) is 23.6. The molecule has 0 aromatic carbocycles. The number of nitrogens with zero attached hydrogens (tertiary/aromatic N) is 6. The third-order valence-corrected chi connectivity index (χ3v) is 6.14. The van der Waals surface area contributed by atoms with Gasteiger partial charge in [-0.3, -0.25) is 9.78 Å². The highest BCUT2D eigenvalue weighted by Gasteiger charge is 2.41. The van der Waals surface area contributed by atoms with Gasteiger partial charge in [-0.25, -0.2) is 19.9 Å². The van der Waals surface area contributed by atoms with Gasteiger partial charge in [-0.05, 0) is 61.6 Å². The molecule has 0 bridgehead atoms. The molecular weight excluding hydrogens is 471 g/mol. The van der Waals surface area contributed by atoms with Crippen molar-refractivity contribution < 1.29 is 18.0 Å². The minimum Gasteiger partial charge on any atom is -0.383 e. The molecule has 2 N–H and O–H groups in total. The molecule has 1 fully saturated rings. The van der Waals surface area contributed by atoms with Gasteiger partial charge in [0, 0.05) is 30.2 Å². The van der Waals surface area contributed by atoms with Gasteiger partial charge in [0.1, 0.15) is 5.82 Å². The van der Waals surface area contributed by atoms with Crippen LogP contribution in [0.2, 0.25) is 0 Å². The number of carbonyl (C=O) groups is 1. The second kappa shape index (κ2) is 9.14. The van der Waals surface area contributed by atoms with E-state index in [-0.39, 0.29) is 18.4 Å². The van der Waals surface area contributed by atoms with Crippen molar-refractivity contribution >= 4 is 22.8 Å². The van der Waals surface area contributed by atoms with Gasteiger partial charge in [-0.15, -0.1) is 0 Å². The number of hydrogen-bond acceptors (Lipinski definition) is 7. The van der Waals surface area contributed by atoms with Gasteiger partial charge in [0.25, 0.3) is 5.91 Å². The van der Waals surface area contributed by atoms with Crippen LogP contribution in [0.1, 0.15) is 51.9 Å². The van der Waals surface area contributed by atoms with E-state index in [1.165, 1.54) is 12.3 Å². The number of aryl methyl sites for hydroxylation is 1. The van der Waals surface area contributed by atoms with Crippen LogP contribution in [0, 0.1) is 12.8 Å².